The average molecular weight is 383 g/mol. The SMILES string of the molecule is CCOC(=O)CN(C1CC1)S(=O)(=O)c1ccc(SC(F)(F)F)cc1. The first-order valence-electron chi connectivity index (χ1n) is 7.17. The summed E-state index contributed by atoms with van der Waals surface area (Å²) in [7, 11) is -3.97. The molecular formula is C14H16F3NO4S2. The van der Waals surface area contributed by atoms with E-state index in [-0.39, 0.29) is 34.2 Å². The zero-order chi connectivity index (χ0) is 18.0. The van der Waals surface area contributed by atoms with Crippen LogP contribution in [-0.2, 0) is 19.6 Å². The van der Waals surface area contributed by atoms with Crippen molar-refractivity contribution >= 4 is 27.8 Å². The van der Waals surface area contributed by atoms with Crippen LogP contribution in [0.4, 0.5) is 13.2 Å². The van der Waals surface area contributed by atoms with Crippen molar-refractivity contribution in [3.63, 3.8) is 0 Å². The molecule has 5 nitrogen and oxygen atoms in total. The van der Waals surface area contributed by atoms with Gasteiger partial charge in [0, 0.05) is 10.9 Å². The summed E-state index contributed by atoms with van der Waals surface area (Å²) in [6.45, 7) is 1.35. The van der Waals surface area contributed by atoms with E-state index in [0.29, 0.717) is 12.8 Å². The molecule has 0 aliphatic heterocycles. The lowest BCUT2D eigenvalue weighted by Gasteiger charge is -2.21. The predicted octanol–water partition coefficient (Wildman–Crippen LogP) is 3.01. The Kier molecular flexibility index (Phi) is 5.82. The third-order valence-electron chi connectivity index (χ3n) is 3.21. The molecule has 0 unspecified atom stereocenters. The lowest BCUT2D eigenvalue weighted by molar-refractivity contribution is -0.143. The smallest absolute Gasteiger partial charge is 0.446 e. The van der Waals surface area contributed by atoms with E-state index in [4.69, 9.17) is 4.74 Å². The number of sulfonamides is 1. The fourth-order valence-corrected chi connectivity index (χ4v) is 4.22. The molecule has 1 fully saturated rings. The van der Waals surface area contributed by atoms with E-state index in [1.807, 2.05) is 0 Å². The first kappa shape index (κ1) is 19.1. The number of carbonyl (C=O) groups excluding carboxylic acids is 1. The van der Waals surface area contributed by atoms with Gasteiger partial charge in [0.2, 0.25) is 10.0 Å². The second-order valence-corrected chi connectivity index (χ2v) is 8.13. The minimum absolute atomic E-state index is 0.107. The van der Waals surface area contributed by atoms with Crippen molar-refractivity contribution in [2.75, 3.05) is 13.2 Å². The molecule has 134 valence electrons. The number of hydrogen-bond donors (Lipinski definition) is 0. The minimum Gasteiger partial charge on any atom is -0.465 e. The molecule has 0 atom stereocenters. The molecule has 0 N–H and O–H groups in total. The molecule has 0 amide bonds. The van der Waals surface area contributed by atoms with Crippen LogP contribution < -0.4 is 0 Å². The highest BCUT2D eigenvalue weighted by molar-refractivity contribution is 8.00. The number of esters is 1. The second kappa shape index (κ2) is 7.32. The average Bonchev–Trinajstić information content (AvgIpc) is 3.28. The standard InChI is InChI=1S/C14H16F3NO4S2/c1-2-22-13(19)9-18(10-3-4-10)24(20,21)12-7-5-11(6-8-12)23-14(15,16)17/h5-8,10H,2-4,9H2,1H3. The number of carbonyl (C=O) groups is 1. The zero-order valence-electron chi connectivity index (χ0n) is 12.7. The number of benzene rings is 1. The molecule has 1 aromatic carbocycles. The van der Waals surface area contributed by atoms with Crippen molar-refractivity contribution < 1.29 is 31.1 Å². The van der Waals surface area contributed by atoms with E-state index >= 15 is 0 Å². The number of ether oxygens (including phenoxy) is 1. The molecule has 1 aromatic rings. The zero-order valence-corrected chi connectivity index (χ0v) is 14.4. The highest BCUT2D eigenvalue weighted by Gasteiger charge is 2.39. The van der Waals surface area contributed by atoms with Gasteiger partial charge >= 0.3 is 11.5 Å². The number of hydrogen-bond acceptors (Lipinski definition) is 5. The Hall–Kier alpha value is -1.26. The maximum atomic E-state index is 12.6. The number of alkyl halides is 3. The summed E-state index contributed by atoms with van der Waals surface area (Å²) >= 11 is -0.318. The first-order chi connectivity index (χ1) is 11.1. The van der Waals surface area contributed by atoms with Gasteiger partial charge in [-0.2, -0.15) is 17.5 Å². The normalized spacial score (nSPS) is 15.5. The number of nitrogens with zero attached hydrogens (tertiary/aromatic N) is 1. The van der Waals surface area contributed by atoms with Crippen LogP contribution in [0.5, 0.6) is 0 Å². The van der Waals surface area contributed by atoms with Gasteiger partial charge in [-0.3, -0.25) is 4.79 Å². The van der Waals surface area contributed by atoms with E-state index in [0.717, 1.165) is 28.6 Å². The van der Waals surface area contributed by atoms with E-state index in [9.17, 15) is 26.4 Å². The quantitative estimate of drug-likeness (QED) is 0.535. The van der Waals surface area contributed by atoms with Gasteiger partial charge < -0.3 is 4.74 Å². The Labute approximate surface area is 142 Å². The fraction of sp³-hybridized carbons (Fsp3) is 0.500. The van der Waals surface area contributed by atoms with E-state index in [1.54, 1.807) is 6.92 Å². The Bertz CT molecular complexity index is 685. The van der Waals surface area contributed by atoms with Gasteiger partial charge in [-0.25, -0.2) is 8.42 Å². The molecule has 1 aliphatic carbocycles. The molecule has 1 saturated carbocycles. The molecule has 0 saturated heterocycles. The first-order valence-corrected chi connectivity index (χ1v) is 9.42. The molecule has 0 spiro atoms. The van der Waals surface area contributed by atoms with E-state index < -0.39 is 28.0 Å². The van der Waals surface area contributed by atoms with Crippen LogP contribution in [0.3, 0.4) is 0 Å². The molecule has 2 rings (SSSR count). The Morgan fingerprint density at radius 2 is 1.88 bits per heavy atom. The third kappa shape index (κ3) is 5.12. The summed E-state index contributed by atoms with van der Waals surface area (Å²) in [5.41, 5.74) is -4.44. The molecule has 10 heteroatoms. The summed E-state index contributed by atoms with van der Waals surface area (Å²) in [4.78, 5) is 11.4. The van der Waals surface area contributed by atoms with Crippen LogP contribution in [0.25, 0.3) is 0 Å². The van der Waals surface area contributed by atoms with Crippen LogP contribution in [-0.4, -0.2) is 43.4 Å². The van der Waals surface area contributed by atoms with Gasteiger partial charge in [-0.15, -0.1) is 0 Å². The van der Waals surface area contributed by atoms with Crippen molar-refractivity contribution in [2.45, 2.75) is 41.1 Å². The van der Waals surface area contributed by atoms with Crippen molar-refractivity contribution in [3.8, 4) is 0 Å². The van der Waals surface area contributed by atoms with Gasteiger partial charge in [0.25, 0.3) is 0 Å². The van der Waals surface area contributed by atoms with Crippen LogP contribution >= 0.6 is 11.8 Å². The lowest BCUT2D eigenvalue weighted by Crippen LogP contribution is -2.38. The van der Waals surface area contributed by atoms with Crippen molar-refractivity contribution in [3.05, 3.63) is 24.3 Å². The molecule has 0 heterocycles. The fourth-order valence-electron chi connectivity index (χ4n) is 2.06. The van der Waals surface area contributed by atoms with Crippen molar-refractivity contribution in [1.82, 2.24) is 4.31 Å². The van der Waals surface area contributed by atoms with Gasteiger partial charge in [-0.1, -0.05) is 0 Å². The van der Waals surface area contributed by atoms with Gasteiger partial charge in [0.05, 0.1) is 11.5 Å². The minimum atomic E-state index is -4.44. The molecule has 24 heavy (non-hydrogen) atoms. The van der Waals surface area contributed by atoms with Crippen molar-refractivity contribution in [1.29, 1.82) is 0 Å². The maximum Gasteiger partial charge on any atom is 0.446 e. The molecule has 1 aliphatic rings. The largest absolute Gasteiger partial charge is 0.465 e. The monoisotopic (exact) mass is 383 g/mol. The summed E-state index contributed by atoms with van der Waals surface area (Å²) in [6, 6.07) is 4.15. The highest BCUT2D eigenvalue weighted by atomic mass is 32.2. The third-order valence-corrected chi connectivity index (χ3v) is 5.86. The Morgan fingerprint density at radius 1 is 1.29 bits per heavy atom. The van der Waals surface area contributed by atoms with Gasteiger partial charge in [0.1, 0.15) is 6.54 Å². The lowest BCUT2D eigenvalue weighted by atomic mass is 10.4. The molecule has 0 radical (unpaired) electrons. The second-order valence-electron chi connectivity index (χ2n) is 5.11. The summed E-state index contributed by atoms with van der Waals surface area (Å²) in [5.74, 6) is -0.655. The van der Waals surface area contributed by atoms with Gasteiger partial charge in [0.15, 0.2) is 0 Å². The Balaban J connectivity index is 2.19. The molecule has 0 bridgehead atoms. The van der Waals surface area contributed by atoms with E-state index in [2.05, 4.69) is 0 Å². The van der Waals surface area contributed by atoms with Crippen molar-refractivity contribution in [2.24, 2.45) is 0 Å². The van der Waals surface area contributed by atoms with Gasteiger partial charge in [-0.05, 0) is 55.8 Å². The number of rotatable bonds is 7. The molecule has 0 aromatic heterocycles. The highest BCUT2D eigenvalue weighted by Crippen LogP contribution is 2.37. The number of thioether (sulfide) groups is 1. The number of halogens is 3. The Morgan fingerprint density at radius 3 is 2.33 bits per heavy atom. The van der Waals surface area contributed by atoms with Crippen LogP contribution in [0.1, 0.15) is 19.8 Å². The summed E-state index contributed by atoms with van der Waals surface area (Å²) in [5, 5.41) is 0. The summed E-state index contributed by atoms with van der Waals surface area (Å²) in [6.07, 6.45) is 1.28. The summed E-state index contributed by atoms with van der Waals surface area (Å²) < 4.78 is 68.1. The van der Waals surface area contributed by atoms with Crippen LogP contribution in [0.2, 0.25) is 0 Å². The van der Waals surface area contributed by atoms with E-state index in [1.165, 1.54) is 0 Å². The predicted molar refractivity (Wildman–Crippen MR) is 81.9 cm³/mol. The molecular weight excluding hydrogens is 367 g/mol. The van der Waals surface area contributed by atoms with Crippen LogP contribution in [0, 0.1) is 0 Å². The van der Waals surface area contributed by atoms with Crippen LogP contribution in [0.15, 0.2) is 34.1 Å². The topological polar surface area (TPSA) is 63.7 Å². The maximum absolute atomic E-state index is 12.6.